The van der Waals surface area contributed by atoms with Crippen LogP contribution in [0.25, 0.3) is 0 Å². The zero-order valence-electron chi connectivity index (χ0n) is 10.3. The average molecular weight is 313 g/mol. The maximum atomic E-state index is 8.05. The van der Waals surface area contributed by atoms with Crippen LogP contribution in [0.5, 0.6) is 0 Å². The molecule has 3 heteroatoms. The summed E-state index contributed by atoms with van der Waals surface area (Å²) in [6.07, 6.45) is 1.84. The fourth-order valence-corrected chi connectivity index (χ4v) is 1.90. The van der Waals surface area contributed by atoms with Gasteiger partial charge in [0.2, 0.25) is 0 Å². The predicted molar refractivity (Wildman–Crippen MR) is 84.3 cm³/mol. The van der Waals surface area contributed by atoms with E-state index in [2.05, 4.69) is 20.9 Å². The molecule has 0 amide bonds. The monoisotopic (exact) mass is 312 g/mol. The van der Waals surface area contributed by atoms with Gasteiger partial charge in [0.05, 0.1) is 5.71 Å². The Morgan fingerprint density at radius 2 is 1.42 bits per heavy atom. The molecule has 1 N–H and O–H groups in total. The first-order valence-corrected chi connectivity index (χ1v) is 6.77. The highest BCUT2D eigenvalue weighted by Crippen LogP contribution is 2.07. The summed E-state index contributed by atoms with van der Waals surface area (Å²) in [4.78, 5) is 6.14. The largest absolute Gasteiger partial charge is 0.282 e. The fraction of sp³-hybridized carbons (Fsp3) is 0. The van der Waals surface area contributed by atoms with E-state index in [0.29, 0.717) is 0 Å². The zero-order valence-corrected chi connectivity index (χ0v) is 11.8. The van der Waals surface area contributed by atoms with Gasteiger partial charge in [-0.2, -0.15) is 0 Å². The third-order valence-electron chi connectivity index (χ3n) is 2.57. The summed E-state index contributed by atoms with van der Waals surface area (Å²) >= 11 is 3.26. The van der Waals surface area contributed by atoms with Gasteiger partial charge in [0, 0.05) is 11.1 Å². The minimum Gasteiger partial charge on any atom is -0.282 e. The third-order valence-corrected chi connectivity index (χ3v) is 2.83. The number of benzene rings is 2. The lowest BCUT2D eigenvalue weighted by Crippen LogP contribution is -2.03. The summed E-state index contributed by atoms with van der Waals surface area (Å²) in [6, 6.07) is 19.3. The first-order chi connectivity index (χ1) is 9.31. The van der Waals surface area contributed by atoms with Crippen LogP contribution >= 0.6 is 15.9 Å². The fourth-order valence-electron chi connectivity index (χ4n) is 1.65. The van der Waals surface area contributed by atoms with E-state index >= 15 is 0 Å². The van der Waals surface area contributed by atoms with E-state index in [1.54, 1.807) is 4.99 Å². The van der Waals surface area contributed by atoms with Gasteiger partial charge in [0.15, 0.2) is 5.84 Å². The molecule has 0 unspecified atom stereocenters. The molecule has 0 bridgehead atoms. The summed E-state index contributed by atoms with van der Waals surface area (Å²) in [5.41, 5.74) is 2.55. The lowest BCUT2D eigenvalue weighted by atomic mass is 10.1. The number of hydrogen-bond donors (Lipinski definition) is 1. The second kappa shape index (κ2) is 6.81. The van der Waals surface area contributed by atoms with Crippen molar-refractivity contribution in [3.05, 3.63) is 82.9 Å². The Morgan fingerprint density at radius 3 is 1.95 bits per heavy atom. The van der Waals surface area contributed by atoms with Gasteiger partial charge in [-0.1, -0.05) is 76.6 Å². The first kappa shape index (κ1) is 13.4. The third kappa shape index (κ3) is 3.73. The summed E-state index contributed by atoms with van der Waals surface area (Å²) in [7, 11) is 0. The summed E-state index contributed by atoms with van der Waals surface area (Å²) in [6.45, 7) is 0. The Morgan fingerprint density at radius 1 is 0.895 bits per heavy atom. The quantitative estimate of drug-likeness (QED) is 0.644. The van der Waals surface area contributed by atoms with E-state index < -0.39 is 0 Å². The van der Waals surface area contributed by atoms with Crippen molar-refractivity contribution in [3.63, 3.8) is 0 Å². The smallest absolute Gasteiger partial charge is 0.152 e. The molecule has 0 fully saturated rings. The Balaban J connectivity index is 2.35. The lowest BCUT2D eigenvalue weighted by Gasteiger charge is -2.03. The minimum atomic E-state index is 0.255. The molecule has 19 heavy (non-hydrogen) atoms. The second-order valence-corrected chi connectivity index (χ2v) is 4.40. The number of rotatable bonds is 3. The maximum absolute atomic E-state index is 8.05. The molecule has 2 rings (SSSR count). The molecule has 0 aliphatic rings. The molecule has 0 saturated heterocycles. The van der Waals surface area contributed by atoms with E-state index in [1.807, 2.05) is 66.7 Å². The molecule has 0 aromatic heterocycles. The topological polar surface area (TPSA) is 36.2 Å². The zero-order chi connectivity index (χ0) is 13.5. The van der Waals surface area contributed by atoms with Crippen LogP contribution in [0.3, 0.4) is 0 Å². The van der Waals surface area contributed by atoms with Crippen LogP contribution in [0, 0.1) is 5.41 Å². The van der Waals surface area contributed by atoms with Crippen molar-refractivity contribution in [3.8, 4) is 0 Å². The molecule has 2 nitrogen and oxygen atoms in total. The number of halogens is 1. The average Bonchev–Trinajstić information content (AvgIpc) is 2.48. The first-order valence-electron chi connectivity index (χ1n) is 5.86. The van der Waals surface area contributed by atoms with E-state index in [0.717, 1.165) is 16.8 Å². The molecule has 2 aromatic carbocycles. The number of amidine groups is 1. The molecule has 0 spiro atoms. The normalized spacial score (nSPS) is 11.7. The number of allylic oxidation sites excluding steroid dienone is 1. The van der Waals surface area contributed by atoms with Gasteiger partial charge >= 0.3 is 0 Å². The predicted octanol–water partition coefficient (Wildman–Crippen LogP) is 4.41. The van der Waals surface area contributed by atoms with Crippen LogP contribution in [0.1, 0.15) is 11.1 Å². The molecule has 0 atom stereocenters. The Bertz CT molecular complexity index is 601. The van der Waals surface area contributed by atoms with Gasteiger partial charge in [-0.25, -0.2) is 4.99 Å². The maximum Gasteiger partial charge on any atom is 0.152 e. The lowest BCUT2D eigenvalue weighted by molar-refractivity contribution is 1.41. The van der Waals surface area contributed by atoms with Crippen LogP contribution in [0.4, 0.5) is 0 Å². The molecule has 0 aliphatic carbocycles. The minimum absolute atomic E-state index is 0.255. The van der Waals surface area contributed by atoms with Gasteiger partial charge in [0.1, 0.15) is 0 Å². The molecule has 0 heterocycles. The van der Waals surface area contributed by atoms with Crippen LogP contribution in [-0.2, 0) is 0 Å². The summed E-state index contributed by atoms with van der Waals surface area (Å²) in [5, 5.41) is 8.05. The van der Waals surface area contributed by atoms with Crippen molar-refractivity contribution in [1.82, 2.24) is 0 Å². The summed E-state index contributed by atoms with van der Waals surface area (Å²) < 4.78 is 0. The molecule has 2 aromatic rings. The van der Waals surface area contributed by atoms with Crippen LogP contribution in [-0.4, -0.2) is 11.5 Å². The number of hydrogen-bond acceptors (Lipinski definition) is 1. The molecule has 0 saturated carbocycles. The molecule has 0 radical (unpaired) electrons. The summed E-state index contributed by atoms with van der Waals surface area (Å²) in [5.74, 6) is 0.255. The van der Waals surface area contributed by atoms with Crippen LogP contribution < -0.4 is 0 Å². The van der Waals surface area contributed by atoms with E-state index in [1.165, 1.54) is 0 Å². The Hall–Kier alpha value is -2.00. The van der Waals surface area contributed by atoms with Crippen molar-refractivity contribution < 1.29 is 0 Å². The molecular weight excluding hydrogens is 300 g/mol. The van der Waals surface area contributed by atoms with Crippen LogP contribution in [0.2, 0.25) is 0 Å². The highest BCUT2D eigenvalue weighted by Gasteiger charge is 2.03. The van der Waals surface area contributed by atoms with E-state index in [4.69, 9.17) is 5.41 Å². The van der Waals surface area contributed by atoms with Gasteiger partial charge in [-0.3, -0.25) is 5.41 Å². The van der Waals surface area contributed by atoms with Crippen molar-refractivity contribution in [2.24, 2.45) is 4.99 Å². The van der Waals surface area contributed by atoms with Crippen molar-refractivity contribution in [1.29, 1.82) is 5.41 Å². The van der Waals surface area contributed by atoms with Gasteiger partial charge in [-0.05, 0) is 11.1 Å². The number of nitrogens with zero attached hydrogens (tertiary/aromatic N) is 1. The molecule has 94 valence electrons. The van der Waals surface area contributed by atoms with Crippen LogP contribution in [0.15, 0.2) is 76.7 Å². The SMILES string of the molecule is N=C(/N=C(\C=C\Br)c1ccccc1)c1ccccc1. The standard InChI is InChI=1S/C16H13BrN2/c17-12-11-15(13-7-3-1-4-8-13)19-16(18)14-9-5-2-6-10-14/h1-12,18H/b12-11+,18-16?,19-15+. The van der Waals surface area contributed by atoms with Gasteiger partial charge in [-0.15, -0.1) is 0 Å². The Labute approximate surface area is 121 Å². The number of nitrogens with one attached hydrogen (secondary N) is 1. The second-order valence-electron chi connectivity index (χ2n) is 3.87. The Kier molecular flexibility index (Phi) is 4.81. The molecule has 0 aliphatic heterocycles. The van der Waals surface area contributed by atoms with Gasteiger partial charge in [0.25, 0.3) is 0 Å². The highest BCUT2D eigenvalue weighted by atomic mass is 79.9. The van der Waals surface area contributed by atoms with Crippen molar-refractivity contribution >= 4 is 27.5 Å². The van der Waals surface area contributed by atoms with Crippen molar-refractivity contribution in [2.45, 2.75) is 0 Å². The van der Waals surface area contributed by atoms with Gasteiger partial charge < -0.3 is 0 Å². The van der Waals surface area contributed by atoms with E-state index in [9.17, 15) is 0 Å². The van der Waals surface area contributed by atoms with Crippen molar-refractivity contribution in [2.75, 3.05) is 0 Å². The highest BCUT2D eigenvalue weighted by molar-refractivity contribution is 9.11. The number of aliphatic imine (C=N–C) groups is 1. The molecular formula is C16H13BrN2. The van der Waals surface area contributed by atoms with E-state index in [-0.39, 0.29) is 5.84 Å².